The molecular weight excluding hydrogens is 1530 g/mol. The lowest BCUT2D eigenvalue weighted by Gasteiger charge is -2.33. The molecule has 586 valence electrons. The van der Waals surface area contributed by atoms with Crippen LogP contribution in [-0.4, -0.2) is 178 Å². The molecule has 4 amide bonds. The van der Waals surface area contributed by atoms with Crippen molar-refractivity contribution < 1.29 is 38.1 Å². The number of nitrogens with zero attached hydrogens (tertiary/aromatic N) is 16. The number of piperidine rings is 4. The first-order valence-corrected chi connectivity index (χ1v) is 42.5. The highest BCUT2D eigenvalue weighted by atomic mass is 32.1. The zero-order valence-electron chi connectivity index (χ0n) is 64.7. The number of ether oxygens (including phenoxy) is 4. The molecule has 4 aliphatic carbocycles. The van der Waals surface area contributed by atoms with Gasteiger partial charge in [0.25, 0.3) is 23.6 Å². The number of carbonyl (C=O) groups excluding carboxylic acids is 4. The van der Waals surface area contributed by atoms with Gasteiger partial charge in [-0.15, -0.1) is 45.3 Å². The zero-order chi connectivity index (χ0) is 79.0. The molecule has 8 bridgehead atoms. The Labute approximate surface area is 682 Å². The first kappa shape index (κ1) is 76.4. The van der Waals surface area contributed by atoms with Gasteiger partial charge in [-0.2, -0.15) is 0 Å². The maximum atomic E-state index is 13.5. The van der Waals surface area contributed by atoms with Crippen LogP contribution in [0.4, 0.5) is 0 Å². The number of hydrogen-bond donors (Lipinski definition) is 0. The molecule has 8 fully saturated rings. The smallest absolute Gasteiger partial charge is 0.273 e. The number of pyridine rings is 8. The number of hydrogen-bond acceptors (Lipinski definition) is 24. The highest BCUT2D eigenvalue weighted by molar-refractivity contribution is 7.14. The van der Waals surface area contributed by atoms with Gasteiger partial charge in [0.2, 0.25) is 23.5 Å². The van der Waals surface area contributed by atoms with E-state index in [4.69, 9.17) is 18.9 Å². The Kier molecular flexibility index (Phi) is 22.1. The van der Waals surface area contributed by atoms with E-state index in [1.165, 1.54) is 45.3 Å². The van der Waals surface area contributed by atoms with Crippen molar-refractivity contribution in [1.29, 1.82) is 0 Å². The predicted molar refractivity (Wildman–Crippen MR) is 439 cm³/mol. The largest absolute Gasteiger partial charge is 0.472 e. The van der Waals surface area contributed by atoms with E-state index >= 15 is 0 Å². The molecule has 20 rings (SSSR count). The molecule has 12 aromatic rings. The fourth-order valence-electron chi connectivity index (χ4n) is 17.5. The molecule has 0 aromatic carbocycles. The normalized spacial score (nSPS) is 22.9. The van der Waals surface area contributed by atoms with Crippen LogP contribution in [0.1, 0.15) is 132 Å². The first-order valence-electron chi connectivity index (χ1n) is 39.0. The molecule has 4 saturated carbocycles. The number of aromatic nitrogens is 12. The van der Waals surface area contributed by atoms with Crippen LogP contribution in [0.15, 0.2) is 175 Å². The summed E-state index contributed by atoms with van der Waals surface area (Å²) in [5, 5.41) is 10.9. The Hall–Kier alpha value is -11.2. The summed E-state index contributed by atoms with van der Waals surface area (Å²) in [5.74, 6) is 4.28. The Bertz CT molecular complexity index is 5150. The third-order valence-corrected chi connectivity index (χ3v) is 26.0. The quantitative estimate of drug-likeness (QED) is 0.0869. The summed E-state index contributed by atoms with van der Waals surface area (Å²) in [6.07, 6.45) is 27.1. The van der Waals surface area contributed by atoms with Crippen molar-refractivity contribution in [3.8, 4) is 65.9 Å². The van der Waals surface area contributed by atoms with Crippen molar-refractivity contribution in [2.24, 2.45) is 23.7 Å². The van der Waals surface area contributed by atoms with Crippen molar-refractivity contribution in [2.45, 2.75) is 148 Å². The summed E-state index contributed by atoms with van der Waals surface area (Å²) in [5.41, 5.74) is 12.4. The number of carbonyl (C=O) groups is 4. The topological polar surface area (TPSA) is 273 Å². The van der Waals surface area contributed by atoms with Crippen LogP contribution < -0.4 is 18.9 Å². The van der Waals surface area contributed by atoms with Crippen LogP contribution >= 0.6 is 45.3 Å². The lowest BCUT2D eigenvalue weighted by Crippen LogP contribution is -2.47. The number of fused-ring (bicyclic) bond motifs is 8. The van der Waals surface area contributed by atoms with Gasteiger partial charge in [-0.1, -0.05) is 24.3 Å². The second-order valence-corrected chi connectivity index (χ2v) is 34.7. The summed E-state index contributed by atoms with van der Waals surface area (Å²) in [7, 11) is 0. The van der Waals surface area contributed by atoms with Crippen LogP contribution in [0.25, 0.3) is 42.4 Å². The summed E-state index contributed by atoms with van der Waals surface area (Å²) in [6.45, 7) is 16.9. The fraction of sp³-hybridized carbons (Fsp3) is 0.356. The van der Waals surface area contributed by atoms with E-state index in [1.54, 1.807) is 49.6 Å². The minimum Gasteiger partial charge on any atom is -0.472 e. The number of likely N-dealkylation sites (tertiary alicyclic amines) is 4. The lowest BCUT2D eigenvalue weighted by molar-refractivity contribution is 0.0459. The highest BCUT2D eigenvalue weighted by Crippen LogP contribution is 2.46. The zero-order valence-corrected chi connectivity index (χ0v) is 68.0. The Balaban J connectivity index is 0.000000111. The standard InChI is InChI=1S/3C22H22N4O2S.C21H20N4O2S/c1-13-3-6-19(24-11-13)28-18-10-15-9-17(18)26(12-15)22(27)20-16(5-4-14(2)25-20)21-23-7-8-29-21;1-13-3-4-19(24-10-13)28-18-9-15-8-17(18)26(12-15)22(27)16-7-14(2)11-25-20(16)21-23-5-6-29-21;1-13-3-4-18(25-11-13)28-17-10-15-9-16(17)26(12-15)22(27)20-19(14(2)5-6-23-20)21-24-7-8-29-21;1-13-4-5-18(24-11-13)27-17-10-14-9-16(17)25(12-14)21(26)19-15(3-2-6-22-19)20-23-7-8-28-20/h3-8,11,15,17-18H,9-10,12H2,1-2H3;3-7,10-11,15,17-18H,8-9,12H2,1-2H3;3-8,11,15-17H,9-10,12H2,1-2H3;2-8,11,14,16-17H,9-10,12H2,1H3. The van der Waals surface area contributed by atoms with Gasteiger partial charge >= 0.3 is 0 Å². The number of rotatable bonds is 16. The lowest BCUT2D eigenvalue weighted by atomic mass is 10.0. The minimum absolute atomic E-state index is 0.0177. The minimum atomic E-state index is -0.0385. The molecular formula is C87H86N16O8S4. The Morgan fingerprint density at radius 1 is 0.348 bits per heavy atom. The summed E-state index contributed by atoms with van der Waals surface area (Å²) in [6, 6.07) is 27.3. The SMILES string of the molecule is Cc1ccc(OC2CC3CC2N(C(=O)c2cc(C)cnc2-c2nccs2)C3)nc1.Cc1ccc(OC2CC3CC2N(C(=O)c2nc(C)ccc2-c2nccs2)C3)nc1.Cc1ccc(OC2CC3CC2N(C(=O)c2nccc(C)c2-c2nccs2)C3)nc1.Cc1ccc(OC2CC3CC2N(C(=O)c2ncccc2-c2nccs2)C3)nc1. The molecule has 16 heterocycles. The summed E-state index contributed by atoms with van der Waals surface area (Å²) in [4.78, 5) is 115. The molecule has 12 aromatic heterocycles. The molecule has 12 atom stereocenters. The average molecular weight is 1610 g/mol. The van der Waals surface area contributed by atoms with E-state index in [2.05, 4.69) is 59.8 Å². The van der Waals surface area contributed by atoms with Gasteiger partial charge in [-0.05, 0) is 193 Å². The van der Waals surface area contributed by atoms with Crippen molar-refractivity contribution in [3.63, 3.8) is 0 Å². The third-order valence-electron chi connectivity index (χ3n) is 22.8. The van der Waals surface area contributed by atoms with Crippen LogP contribution in [0.2, 0.25) is 0 Å². The molecule has 8 aliphatic rings. The number of aryl methyl sites for hydroxylation is 7. The van der Waals surface area contributed by atoms with Crippen LogP contribution in [0, 0.1) is 72.1 Å². The van der Waals surface area contributed by atoms with Crippen LogP contribution in [-0.2, 0) is 0 Å². The fourth-order valence-corrected chi connectivity index (χ4v) is 20.2. The van der Waals surface area contributed by atoms with Gasteiger partial charge in [0.1, 0.15) is 67.2 Å². The van der Waals surface area contributed by atoms with E-state index in [0.29, 0.717) is 75.5 Å². The van der Waals surface area contributed by atoms with Crippen LogP contribution in [0.3, 0.4) is 0 Å². The van der Waals surface area contributed by atoms with Gasteiger partial charge in [0.05, 0.1) is 29.7 Å². The van der Waals surface area contributed by atoms with Crippen molar-refractivity contribution >= 4 is 69.0 Å². The van der Waals surface area contributed by atoms with Gasteiger partial charge in [0.15, 0.2) is 0 Å². The van der Waals surface area contributed by atoms with E-state index in [1.807, 2.05) is 193 Å². The third kappa shape index (κ3) is 16.5. The molecule has 28 heteroatoms. The second kappa shape index (κ2) is 33.3. The molecule has 12 unspecified atom stereocenters. The number of amides is 4. The number of thiazole rings is 4. The summed E-state index contributed by atoms with van der Waals surface area (Å²) >= 11 is 6.06. The first-order chi connectivity index (χ1) is 55.9. The molecule has 4 saturated heterocycles. The second-order valence-electron chi connectivity index (χ2n) is 31.1. The molecule has 24 nitrogen and oxygen atoms in total. The predicted octanol–water partition coefficient (Wildman–Crippen LogP) is 15.3. The van der Waals surface area contributed by atoms with Gasteiger partial charge in [-0.3, -0.25) is 34.1 Å². The van der Waals surface area contributed by atoms with E-state index in [-0.39, 0.29) is 72.2 Å². The molecule has 4 aliphatic heterocycles. The maximum Gasteiger partial charge on any atom is 0.273 e. The average Bonchev–Trinajstić information content (AvgIpc) is 1.64. The van der Waals surface area contributed by atoms with Gasteiger partial charge in [0, 0.05) is 163 Å². The molecule has 0 spiro atoms. The highest BCUT2D eigenvalue weighted by Gasteiger charge is 2.53. The van der Waals surface area contributed by atoms with E-state index < -0.39 is 0 Å². The van der Waals surface area contributed by atoms with E-state index in [0.717, 1.165) is 153 Å². The summed E-state index contributed by atoms with van der Waals surface area (Å²) < 4.78 is 24.7. The Morgan fingerprint density at radius 3 is 1.14 bits per heavy atom. The monoisotopic (exact) mass is 1610 g/mol. The van der Waals surface area contributed by atoms with Crippen molar-refractivity contribution in [2.75, 3.05) is 26.2 Å². The van der Waals surface area contributed by atoms with Crippen molar-refractivity contribution in [3.05, 3.63) is 236 Å². The molecule has 0 N–H and O–H groups in total. The van der Waals surface area contributed by atoms with Crippen LogP contribution in [0.5, 0.6) is 23.5 Å². The van der Waals surface area contributed by atoms with Gasteiger partial charge in [-0.25, -0.2) is 44.9 Å². The maximum absolute atomic E-state index is 13.5. The van der Waals surface area contributed by atoms with Gasteiger partial charge < -0.3 is 38.5 Å². The van der Waals surface area contributed by atoms with Crippen molar-refractivity contribution in [1.82, 2.24) is 79.4 Å². The molecule has 0 radical (unpaired) electrons. The molecule has 115 heavy (non-hydrogen) atoms. The Morgan fingerprint density at radius 2 is 0.730 bits per heavy atom. The van der Waals surface area contributed by atoms with E-state index in [9.17, 15) is 19.2 Å².